The number of H-pyrrole nitrogens is 2. The van der Waals surface area contributed by atoms with Crippen molar-refractivity contribution < 1.29 is 14.2 Å². The Labute approximate surface area is 217 Å². The fourth-order valence-corrected chi connectivity index (χ4v) is 5.85. The molecule has 2 N–H and O–H groups in total. The molecule has 5 rings (SSSR count). The van der Waals surface area contributed by atoms with E-state index in [1.54, 1.807) is 44.9 Å². The molecule has 186 valence electrons. The summed E-state index contributed by atoms with van der Waals surface area (Å²) in [7, 11) is 5.03. The summed E-state index contributed by atoms with van der Waals surface area (Å²) < 4.78 is 16.4. The number of rotatable bonds is 9. The SMILES string of the molecule is COc1ccc2nc(SCc3nc(CSc4nc5ccc(OC)cc5[nH]4)c(C)c(OC)c3C)[nH]c2c1. The van der Waals surface area contributed by atoms with Gasteiger partial charge in [0, 0.05) is 34.8 Å². The summed E-state index contributed by atoms with van der Waals surface area (Å²) >= 11 is 3.24. The summed E-state index contributed by atoms with van der Waals surface area (Å²) in [4.78, 5) is 21.2. The Balaban J connectivity index is 1.36. The zero-order valence-electron chi connectivity index (χ0n) is 20.8. The highest BCUT2D eigenvalue weighted by atomic mass is 32.2. The van der Waals surface area contributed by atoms with Crippen LogP contribution in [0, 0.1) is 13.8 Å². The van der Waals surface area contributed by atoms with Crippen LogP contribution in [-0.2, 0) is 11.5 Å². The molecule has 5 aromatic rings. The Kier molecular flexibility index (Phi) is 6.97. The maximum absolute atomic E-state index is 5.78. The fourth-order valence-electron chi connectivity index (χ4n) is 4.06. The lowest BCUT2D eigenvalue weighted by atomic mass is 10.1. The van der Waals surface area contributed by atoms with E-state index in [-0.39, 0.29) is 0 Å². The molecular formula is C26H27N5O3S2. The lowest BCUT2D eigenvalue weighted by molar-refractivity contribution is 0.406. The van der Waals surface area contributed by atoms with E-state index in [1.807, 2.05) is 36.4 Å². The van der Waals surface area contributed by atoms with Crippen molar-refractivity contribution in [2.45, 2.75) is 35.7 Å². The van der Waals surface area contributed by atoms with Crippen molar-refractivity contribution >= 4 is 45.6 Å². The zero-order valence-corrected chi connectivity index (χ0v) is 22.4. The van der Waals surface area contributed by atoms with Gasteiger partial charge < -0.3 is 24.2 Å². The third kappa shape index (κ3) is 4.83. The van der Waals surface area contributed by atoms with Gasteiger partial charge in [0.1, 0.15) is 17.2 Å². The second kappa shape index (κ2) is 10.3. The van der Waals surface area contributed by atoms with Gasteiger partial charge in [-0.25, -0.2) is 9.97 Å². The van der Waals surface area contributed by atoms with Crippen LogP contribution in [0.3, 0.4) is 0 Å². The second-order valence-corrected chi connectivity index (χ2v) is 10.1. The molecule has 0 fully saturated rings. The maximum atomic E-state index is 5.78. The molecule has 2 aromatic carbocycles. The Morgan fingerprint density at radius 2 is 1.14 bits per heavy atom. The van der Waals surface area contributed by atoms with Crippen molar-refractivity contribution in [3.63, 3.8) is 0 Å². The van der Waals surface area contributed by atoms with E-state index >= 15 is 0 Å². The number of aromatic amines is 2. The Morgan fingerprint density at radius 3 is 1.56 bits per heavy atom. The van der Waals surface area contributed by atoms with Gasteiger partial charge in [-0.05, 0) is 38.1 Å². The molecule has 0 saturated carbocycles. The molecule has 3 aromatic heterocycles. The standard InChI is InChI=1S/C26H27N5O3S2/c1-14-22(12-35-25-28-18-8-6-16(32-3)10-20(18)30-25)27-23(15(2)24(14)34-5)13-36-26-29-19-9-7-17(33-4)11-21(19)31-26/h6-11H,12-13H2,1-5H3,(H,28,30)(H,29,31). The predicted octanol–water partition coefficient (Wildman–Crippen LogP) is 6.06. The Bertz CT molecular complexity index is 1440. The number of imidazole rings is 2. The highest BCUT2D eigenvalue weighted by Gasteiger charge is 2.17. The number of nitrogens with one attached hydrogen (secondary N) is 2. The lowest BCUT2D eigenvalue weighted by Crippen LogP contribution is -2.04. The van der Waals surface area contributed by atoms with Gasteiger partial charge in [0.25, 0.3) is 0 Å². The predicted molar refractivity (Wildman–Crippen MR) is 145 cm³/mol. The van der Waals surface area contributed by atoms with Gasteiger partial charge in [-0.15, -0.1) is 0 Å². The number of thioether (sulfide) groups is 2. The number of aromatic nitrogens is 5. The van der Waals surface area contributed by atoms with Crippen LogP contribution in [0.4, 0.5) is 0 Å². The summed E-state index contributed by atoms with van der Waals surface area (Å²) in [6.07, 6.45) is 0. The molecule has 0 atom stereocenters. The topological polar surface area (TPSA) is 97.9 Å². The smallest absolute Gasteiger partial charge is 0.166 e. The Morgan fingerprint density at radius 1 is 0.667 bits per heavy atom. The molecule has 10 heteroatoms. The van der Waals surface area contributed by atoms with Crippen molar-refractivity contribution in [1.82, 2.24) is 24.9 Å². The number of pyridine rings is 1. The number of hydrogen-bond acceptors (Lipinski definition) is 8. The molecule has 0 radical (unpaired) electrons. The highest BCUT2D eigenvalue weighted by Crippen LogP contribution is 2.34. The number of ether oxygens (including phenoxy) is 3. The van der Waals surface area contributed by atoms with Crippen LogP contribution in [0.15, 0.2) is 46.7 Å². The minimum Gasteiger partial charge on any atom is -0.497 e. The van der Waals surface area contributed by atoms with Crippen molar-refractivity contribution in [1.29, 1.82) is 0 Å². The number of nitrogens with zero attached hydrogens (tertiary/aromatic N) is 3. The molecule has 0 saturated heterocycles. The van der Waals surface area contributed by atoms with E-state index in [0.717, 1.165) is 72.1 Å². The fraction of sp³-hybridized carbons (Fsp3) is 0.269. The molecule has 3 heterocycles. The summed E-state index contributed by atoms with van der Waals surface area (Å²) in [5.74, 6) is 3.81. The molecule has 0 spiro atoms. The monoisotopic (exact) mass is 521 g/mol. The minimum absolute atomic E-state index is 0.668. The lowest BCUT2D eigenvalue weighted by Gasteiger charge is -2.16. The molecule has 0 aliphatic carbocycles. The van der Waals surface area contributed by atoms with E-state index in [9.17, 15) is 0 Å². The molecule has 0 amide bonds. The molecule has 36 heavy (non-hydrogen) atoms. The van der Waals surface area contributed by atoms with Crippen LogP contribution in [0.2, 0.25) is 0 Å². The molecular weight excluding hydrogens is 494 g/mol. The first kappa shape index (κ1) is 24.3. The van der Waals surface area contributed by atoms with Crippen LogP contribution >= 0.6 is 23.5 Å². The quantitative estimate of drug-likeness (QED) is 0.226. The first-order valence-electron chi connectivity index (χ1n) is 11.3. The minimum atomic E-state index is 0.668. The average molecular weight is 522 g/mol. The zero-order chi connectivity index (χ0) is 25.2. The third-order valence-electron chi connectivity index (χ3n) is 6.05. The first-order valence-corrected chi connectivity index (χ1v) is 13.3. The first-order chi connectivity index (χ1) is 17.5. The van der Waals surface area contributed by atoms with E-state index < -0.39 is 0 Å². The summed E-state index contributed by atoms with van der Waals surface area (Å²) in [6.45, 7) is 4.11. The van der Waals surface area contributed by atoms with Crippen LogP contribution < -0.4 is 14.2 Å². The van der Waals surface area contributed by atoms with Crippen molar-refractivity contribution in [2.75, 3.05) is 21.3 Å². The molecule has 0 unspecified atom stereocenters. The van der Waals surface area contributed by atoms with Crippen LogP contribution in [0.25, 0.3) is 22.1 Å². The van der Waals surface area contributed by atoms with Gasteiger partial charge >= 0.3 is 0 Å². The normalized spacial score (nSPS) is 11.4. The van der Waals surface area contributed by atoms with Crippen LogP contribution in [0.1, 0.15) is 22.5 Å². The number of hydrogen-bond donors (Lipinski definition) is 2. The second-order valence-electron chi connectivity index (χ2n) is 8.22. The molecule has 0 aliphatic heterocycles. The maximum Gasteiger partial charge on any atom is 0.166 e. The van der Waals surface area contributed by atoms with Crippen molar-refractivity contribution in [3.05, 3.63) is 58.9 Å². The third-order valence-corrected chi connectivity index (χ3v) is 7.82. The van der Waals surface area contributed by atoms with E-state index in [0.29, 0.717) is 11.5 Å². The summed E-state index contributed by atoms with van der Waals surface area (Å²) in [6, 6.07) is 11.6. The van der Waals surface area contributed by atoms with Gasteiger partial charge in [-0.3, -0.25) is 4.98 Å². The molecule has 0 aliphatic rings. The molecule has 8 nitrogen and oxygen atoms in total. The Hall–Kier alpha value is -3.37. The summed E-state index contributed by atoms with van der Waals surface area (Å²) in [5, 5.41) is 1.68. The average Bonchev–Trinajstić information content (AvgIpc) is 3.50. The van der Waals surface area contributed by atoms with E-state index in [2.05, 4.69) is 23.8 Å². The molecule has 0 bridgehead atoms. The van der Waals surface area contributed by atoms with Gasteiger partial charge in [-0.1, -0.05) is 23.5 Å². The van der Waals surface area contributed by atoms with Gasteiger partial charge in [0.05, 0.1) is 54.8 Å². The highest BCUT2D eigenvalue weighted by molar-refractivity contribution is 7.98. The van der Waals surface area contributed by atoms with E-state index in [1.165, 1.54) is 0 Å². The number of benzene rings is 2. The van der Waals surface area contributed by atoms with Gasteiger partial charge in [0.15, 0.2) is 10.3 Å². The van der Waals surface area contributed by atoms with Crippen LogP contribution in [0.5, 0.6) is 17.2 Å². The van der Waals surface area contributed by atoms with Crippen molar-refractivity contribution in [2.24, 2.45) is 0 Å². The summed E-state index contributed by atoms with van der Waals surface area (Å²) in [5.41, 5.74) is 7.76. The number of fused-ring (bicyclic) bond motifs is 2. The number of methoxy groups -OCH3 is 3. The van der Waals surface area contributed by atoms with Gasteiger partial charge in [0.2, 0.25) is 0 Å². The van der Waals surface area contributed by atoms with Crippen molar-refractivity contribution in [3.8, 4) is 17.2 Å². The van der Waals surface area contributed by atoms with E-state index in [4.69, 9.17) is 29.2 Å². The van der Waals surface area contributed by atoms with Gasteiger partial charge in [-0.2, -0.15) is 0 Å². The largest absolute Gasteiger partial charge is 0.497 e. The van der Waals surface area contributed by atoms with Crippen LogP contribution in [-0.4, -0.2) is 46.2 Å².